The number of carbonyl (C=O) groups excluding carboxylic acids is 2. The van der Waals surface area contributed by atoms with Crippen LogP contribution >= 0.6 is 0 Å². The molecule has 2 N–H and O–H groups in total. The van der Waals surface area contributed by atoms with E-state index < -0.39 is 30.3 Å². The van der Waals surface area contributed by atoms with E-state index in [0.29, 0.717) is 22.3 Å². The van der Waals surface area contributed by atoms with Gasteiger partial charge in [0.15, 0.2) is 23.5 Å². The maximum atomic E-state index is 12.9. The van der Waals surface area contributed by atoms with Crippen LogP contribution in [0.2, 0.25) is 0 Å². The smallest absolute Gasteiger partial charge is 0.261 e. The van der Waals surface area contributed by atoms with Crippen LogP contribution in [0, 0.1) is 0 Å². The minimum Gasteiger partial charge on any atom is -0.382 e. The number of rotatable bonds is 3. The molecule has 164 valence electrons. The molecule has 6 rings (SSSR count). The van der Waals surface area contributed by atoms with Crippen molar-refractivity contribution in [1.29, 1.82) is 0 Å². The molecule has 5 heterocycles. The summed E-state index contributed by atoms with van der Waals surface area (Å²) in [6, 6.07) is 6.77. The third kappa shape index (κ3) is 2.68. The SMILES string of the molecule is CC1(C)O[C@@H]2[C@H](O1)[C@H](n1cnc3c(N)ncnc31)O[C@@H]2CN1C(=O)c2ccccc2C1=O. The van der Waals surface area contributed by atoms with Gasteiger partial charge in [-0.3, -0.25) is 19.1 Å². The van der Waals surface area contributed by atoms with E-state index in [1.165, 1.54) is 11.2 Å². The maximum absolute atomic E-state index is 12.9. The topological polar surface area (TPSA) is 135 Å². The number of nitrogen functional groups attached to an aromatic ring is 1. The molecule has 11 nitrogen and oxygen atoms in total. The number of anilines is 1. The molecule has 0 unspecified atom stereocenters. The number of nitrogens with zero attached hydrogens (tertiary/aromatic N) is 5. The minimum absolute atomic E-state index is 0.0349. The molecule has 2 fully saturated rings. The Morgan fingerprint density at radius 3 is 2.44 bits per heavy atom. The lowest BCUT2D eigenvalue weighted by molar-refractivity contribution is -0.196. The summed E-state index contributed by atoms with van der Waals surface area (Å²) in [4.78, 5) is 39.5. The highest BCUT2D eigenvalue weighted by Gasteiger charge is 2.57. The van der Waals surface area contributed by atoms with Crippen molar-refractivity contribution < 1.29 is 23.8 Å². The fourth-order valence-electron chi connectivity index (χ4n) is 4.67. The predicted octanol–water partition coefficient (Wildman–Crippen LogP) is 1.12. The van der Waals surface area contributed by atoms with Crippen LogP contribution in [0.15, 0.2) is 36.9 Å². The standard InChI is InChI=1S/C21H20N6O5/c1-21(2)31-14-12(7-26-18(28)10-5-3-4-6-11(10)19(26)29)30-20(15(14)32-21)27-9-25-13-16(22)23-8-24-17(13)27/h3-6,8-9,12,14-15,20H,7H2,1-2H3,(H2,22,23,24)/t12-,14+,15+,20-/m1/s1. The van der Waals surface area contributed by atoms with Crippen LogP contribution in [-0.4, -0.2) is 66.9 Å². The summed E-state index contributed by atoms with van der Waals surface area (Å²) in [6.07, 6.45) is 0.673. The Bertz CT molecular complexity index is 1240. The van der Waals surface area contributed by atoms with Crippen LogP contribution in [0.25, 0.3) is 11.2 Å². The van der Waals surface area contributed by atoms with Gasteiger partial charge in [-0.1, -0.05) is 12.1 Å². The van der Waals surface area contributed by atoms with E-state index in [4.69, 9.17) is 19.9 Å². The summed E-state index contributed by atoms with van der Waals surface area (Å²) in [5.41, 5.74) is 7.65. The molecule has 1 aromatic carbocycles. The van der Waals surface area contributed by atoms with Gasteiger partial charge >= 0.3 is 0 Å². The van der Waals surface area contributed by atoms with Crippen molar-refractivity contribution in [3.8, 4) is 0 Å². The van der Waals surface area contributed by atoms with E-state index in [2.05, 4.69) is 15.0 Å². The average molecular weight is 436 g/mol. The number of hydrogen-bond donors (Lipinski definition) is 1. The van der Waals surface area contributed by atoms with Gasteiger partial charge in [0.25, 0.3) is 11.8 Å². The second-order valence-electron chi connectivity index (χ2n) is 8.48. The Morgan fingerprint density at radius 2 is 1.72 bits per heavy atom. The summed E-state index contributed by atoms with van der Waals surface area (Å²) in [5.74, 6) is -1.29. The number of hydrogen-bond acceptors (Lipinski definition) is 9. The summed E-state index contributed by atoms with van der Waals surface area (Å²) in [7, 11) is 0. The first kappa shape index (κ1) is 19.3. The number of carbonyl (C=O) groups is 2. The summed E-state index contributed by atoms with van der Waals surface area (Å²) < 4.78 is 20.3. The van der Waals surface area contributed by atoms with Crippen molar-refractivity contribution in [2.75, 3.05) is 12.3 Å². The first-order valence-corrected chi connectivity index (χ1v) is 10.2. The lowest BCUT2D eigenvalue weighted by Crippen LogP contribution is -2.42. The molecule has 3 aromatic rings. The monoisotopic (exact) mass is 436 g/mol. The number of aromatic nitrogens is 4. The minimum atomic E-state index is -0.859. The van der Waals surface area contributed by atoms with E-state index in [9.17, 15) is 9.59 Å². The third-order valence-electron chi connectivity index (χ3n) is 6.03. The Hall–Kier alpha value is -3.41. The number of nitrogens with two attached hydrogens (primary N) is 1. The van der Waals surface area contributed by atoms with Crippen molar-refractivity contribution in [3.05, 3.63) is 48.0 Å². The third-order valence-corrected chi connectivity index (χ3v) is 6.03. The molecular weight excluding hydrogens is 416 g/mol. The van der Waals surface area contributed by atoms with Crippen LogP contribution in [-0.2, 0) is 14.2 Å². The lowest BCUT2D eigenvalue weighted by Gasteiger charge is -2.26. The molecule has 2 aromatic heterocycles. The van der Waals surface area contributed by atoms with Crippen molar-refractivity contribution in [2.24, 2.45) is 0 Å². The second kappa shape index (κ2) is 6.55. The van der Waals surface area contributed by atoms with Gasteiger partial charge in [-0.05, 0) is 26.0 Å². The first-order valence-electron chi connectivity index (χ1n) is 10.2. The highest BCUT2D eigenvalue weighted by atomic mass is 16.8. The molecule has 4 atom stereocenters. The predicted molar refractivity (Wildman–Crippen MR) is 109 cm³/mol. The fourth-order valence-corrected chi connectivity index (χ4v) is 4.67. The molecule has 0 saturated carbocycles. The van der Waals surface area contributed by atoms with Gasteiger partial charge in [0.05, 0.1) is 24.0 Å². The van der Waals surface area contributed by atoms with Gasteiger partial charge in [0, 0.05) is 0 Å². The molecule has 0 bridgehead atoms. The van der Waals surface area contributed by atoms with E-state index in [1.54, 1.807) is 35.2 Å². The molecule has 32 heavy (non-hydrogen) atoms. The van der Waals surface area contributed by atoms with E-state index >= 15 is 0 Å². The van der Waals surface area contributed by atoms with Crippen molar-refractivity contribution in [3.63, 3.8) is 0 Å². The van der Waals surface area contributed by atoms with Crippen LogP contribution in [0.3, 0.4) is 0 Å². The number of ether oxygens (including phenoxy) is 3. The summed E-state index contributed by atoms with van der Waals surface area (Å²) in [5, 5.41) is 0. The Labute approximate surface area is 182 Å². The van der Waals surface area contributed by atoms with Crippen molar-refractivity contribution >= 4 is 28.8 Å². The molecule has 3 aliphatic heterocycles. The van der Waals surface area contributed by atoms with Gasteiger partial charge in [-0.25, -0.2) is 15.0 Å². The Morgan fingerprint density at radius 1 is 1.03 bits per heavy atom. The number of amides is 2. The summed E-state index contributed by atoms with van der Waals surface area (Å²) >= 11 is 0. The molecule has 0 radical (unpaired) electrons. The van der Waals surface area contributed by atoms with Crippen LogP contribution < -0.4 is 5.73 Å². The van der Waals surface area contributed by atoms with Crippen LogP contribution in [0.1, 0.15) is 40.8 Å². The normalized spacial score (nSPS) is 28.5. The zero-order valence-electron chi connectivity index (χ0n) is 17.3. The van der Waals surface area contributed by atoms with Gasteiger partial charge in [-0.15, -0.1) is 0 Å². The lowest BCUT2D eigenvalue weighted by atomic mass is 10.1. The summed E-state index contributed by atoms with van der Waals surface area (Å²) in [6.45, 7) is 3.66. The van der Waals surface area contributed by atoms with Gasteiger partial charge in [0.1, 0.15) is 30.2 Å². The quantitative estimate of drug-likeness (QED) is 0.599. The molecule has 2 amide bonds. The van der Waals surface area contributed by atoms with Crippen molar-refractivity contribution in [1.82, 2.24) is 24.4 Å². The molecule has 0 aliphatic carbocycles. The average Bonchev–Trinajstić information content (AvgIpc) is 3.47. The van der Waals surface area contributed by atoms with Crippen LogP contribution in [0.4, 0.5) is 5.82 Å². The number of imidazole rings is 1. The maximum Gasteiger partial charge on any atom is 0.261 e. The molecule has 11 heteroatoms. The van der Waals surface area contributed by atoms with Gasteiger partial charge in [-0.2, -0.15) is 0 Å². The fraction of sp³-hybridized carbons (Fsp3) is 0.381. The van der Waals surface area contributed by atoms with Crippen molar-refractivity contribution in [2.45, 2.75) is 44.2 Å². The number of benzene rings is 1. The van der Waals surface area contributed by atoms with E-state index in [1.807, 2.05) is 13.8 Å². The van der Waals surface area contributed by atoms with E-state index in [0.717, 1.165) is 0 Å². The Balaban J connectivity index is 1.34. The van der Waals surface area contributed by atoms with E-state index in [-0.39, 0.29) is 24.2 Å². The molecule has 0 spiro atoms. The molecular formula is C21H20N6O5. The van der Waals surface area contributed by atoms with Gasteiger partial charge in [0.2, 0.25) is 0 Å². The van der Waals surface area contributed by atoms with Gasteiger partial charge < -0.3 is 19.9 Å². The molecule has 3 aliphatic rings. The number of imide groups is 1. The molecule has 2 saturated heterocycles. The van der Waals surface area contributed by atoms with Crippen LogP contribution in [0.5, 0.6) is 0 Å². The first-order chi connectivity index (χ1) is 15.3. The largest absolute Gasteiger partial charge is 0.382 e. The number of fused-ring (bicyclic) bond motifs is 3. The zero-order valence-corrected chi connectivity index (χ0v) is 17.3. The highest BCUT2D eigenvalue weighted by Crippen LogP contribution is 2.44. The second-order valence-corrected chi connectivity index (χ2v) is 8.48. The zero-order chi connectivity index (χ0) is 22.2. The Kier molecular flexibility index (Phi) is 3.95. The highest BCUT2D eigenvalue weighted by molar-refractivity contribution is 6.21.